The number of anilines is 1. The first-order valence-corrected chi connectivity index (χ1v) is 8.74. The number of hydrogen-bond acceptors (Lipinski definition) is 4. The van der Waals surface area contributed by atoms with Crippen molar-refractivity contribution in [1.29, 1.82) is 0 Å². The van der Waals surface area contributed by atoms with Gasteiger partial charge in [-0.15, -0.1) is 0 Å². The van der Waals surface area contributed by atoms with E-state index in [1.54, 1.807) is 23.4 Å². The third kappa shape index (κ3) is 3.55. The smallest absolute Gasteiger partial charge is 0.259 e. The third-order valence-electron chi connectivity index (χ3n) is 4.56. The van der Waals surface area contributed by atoms with Crippen molar-refractivity contribution in [3.05, 3.63) is 89.5 Å². The van der Waals surface area contributed by atoms with Crippen LogP contribution in [0.3, 0.4) is 0 Å². The Bertz CT molecular complexity index is 988. The van der Waals surface area contributed by atoms with Gasteiger partial charge in [-0.3, -0.25) is 19.6 Å². The average molecular weight is 358 g/mol. The Morgan fingerprint density at radius 1 is 1.00 bits per heavy atom. The second-order valence-corrected chi connectivity index (χ2v) is 6.34. The zero-order valence-corrected chi connectivity index (χ0v) is 14.6. The van der Waals surface area contributed by atoms with Gasteiger partial charge in [0.15, 0.2) is 0 Å². The van der Waals surface area contributed by atoms with Crippen LogP contribution >= 0.6 is 0 Å². The lowest BCUT2D eigenvalue weighted by Crippen LogP contribution is -2.29. The normalized spacial score (nSPS) is 12.5. The molecule has 0 unspecified atom stereocenters. The summed E-state index contributed by atoms with van der Waals surface area (Å²) in [6, 6.07) is 13.2. The third-order valence-corrected chi connectivity index (χ3v) is 4.56. The molecule has 27 heavy (non-hydrogen) atoms. The first kappa shape index (κ1) is 16.9. The van der Waals surface area contributed by atoms with E-state index in [1.807, 2.05) is 36.4 Å². The molecular weight excluding hydrogens is 340 g/mol. The maximum absolute atomic E-state index is 12.9. The molecule has 4 rings (SSSR count). The molecule has 6 nitrogen and oxygen atoms in total. The molecule has 1 N–H and O–H groups in total. The molecule has 6 heteroatoms. The highest BCUT2D eigenvalue weighted by molar-refractivity contribution is 6.08. The number of carbonyl (C=O) groups excluding carboxylic acids is 2. The zero-order chi connectivity index (χ0) is 18.6. The van der Waals surface area contributed by atoms with Crippen molar-refractivity contribution in [3.63, 3.8) is 0 Å². The number of para-hydroxylation sites is 1. The van der Waals surface area contributed by atoms with Gasteiger partial charge < -0.3 is 10.2 Å². The molecule has 1 aromatic carbocycles. The van der Waals surface area contributed by atoms with Gasteiger partial charge in [-0.05, 0) is 35.7 Å². The summed E-state index contributed by atoms with van der Waals surface area (Å²) in [7, 11) is 0. The molecule has 0 atom stereocenters. The van der Waals surface area contributed by atoms with E-state index >= 15 is 0 Å². The Morgan fingerprint density at radius 2 is 1.85 bits per heavy atom. The number of nitrogens with zero attached hydrogens (tertiary/aromatic N) is 3. The average Bonchev–Trinajstić information content (AvgIpc) is 3.16. The number of hydrogen-bond donors (Lipinski definition) is 1. The fourth-order valence-corrected chi connectivity index (χ4v) is 3.17. The quantitative estimate of drug-likeness (QED) is 0.778. The van der Waals surface area contributed by atoms with Gasteiger partial charge in [0.25, 0.3) is 11.8 Å². The van der Waals surface area contributed by atoms with Gasteiger partial charge in [-0.2, -0.15) is 0 Å². The summed E-state index contributed by atoms with van der Waals surface area (Å²) in [5.74, 6) is -0.419. The van der Waals surface area contributed by atoms with Crippen molar-refractivity contribution in [1.82, 2.24) is 15.3 Å². The van der Waals surface area contributed by atoms with Crippen molar-refractivity contribution in [2.24, 2.45) is 0 Å². The van der Waals surface area contributed by atoms with Crippen LogP contribution in [0, 0.1) is 0 Å². The van der Waals surface area contributed by atoms with E-state index in [4.69, 9.17) is 0 Å². The first-order valence-electron chi connectivity index (χ1n) is 8.74. The summed E-state index contributed by atoms with van der Waals surface area (Å²) in [6.45, 7) is 1.000. The van der Waals surface area contributed by atoms with Crippen molar-refractivity contribution in [2.75, 3.05) is 11.4 Å². The minimum atomic E-state index is -0.275. The van der Waals surface area contributed by atoms with E-state index in [-0.39, 0.29) is 11.8 Å². The second-order valence-electron chi connectivity index (χ2n) is 6.34. The van der Waals surface area contributed by atoms with Crippen molar-refractivity contribution >= 4 is 17.5 Å². The molecule has 0 fully saturated rings. The molecule has 3 heterocycles. The molecule has 0 spiro atoms. The molecule has 1 aliphatic rings. The van der Waals surface area contributed by atoms with Crippen LogP contribution < -0.4 is 10.2 Å². The Kier molecular flexibility index (Phi) is 4.61. The number of nitrogens with one attached hydrogen (secondary N) is 1. The Balaban J connectivity index is 1.49. The molecule has 2 aromatic heterocycles. The summed E-state index contributed by atoms with van der Waals surface area (Å²) in [4.78, 5) is 35.2. The Morgan fingerprint density at radius 3 is 2.70 bits per heavy atom. The second kappa shape index (κ2) is 7.37. The number of benzene rings is 1. The maximum Gasteiger partial charge on any atom is 0.259 e. The highest BCUT2D eigenvalue weighted by Gasteiger charge is 2.25. The van der Waals surface area contributed by atoms with Crippen LogP contribution in [-0.4, -0.2) is 28.3 Å². The fourth-order valence-electron chi connectivity index (χ4n) is 3.17. The SMILES string of the molecule is O=C(NCc1cccnc1)c1cncc(C(=O)N2CCc3ccccc32)c1. The molecule has 2 amide bonds. The number of rotatable bonds is 4. The summed E-state index contributed by atoms with van der Waals surface area (Å²) in [5.41, 5.74) is 3.75. The Hall–Kier alpha value is -3.54. The fraction of sp³-hybridized carbons (Fsp3) is 0.143. The lowest BCUT2D eigenvalue weighted by molar-refractivity contribution is 0.0950. The Labute approximate surface area is 156 Å². The lowest BCUT2D eigenvalue weighted by Gasteiger charge is -2.17. The molecule has 1 aliphatic heterocycles. The minimum Gasteiger partial charge on any atom is -0.348 e. The van der Waals surface area contributed by atoms with Crippen LogP contribution in [0.4, 0.5) is 5.69 Å². The summed E-state index contributed by atoms with van der Waals surface area (Å²) in [6.07, 6.45) is 7.18. The van der Waals surface area contributed by atoms with E-state index in [9.17, 15) is 9.59 Å². The minimum absolute atomic E-state index is 0.144. The molecule has 0 radical (unpaired) electrons. The zero-order valence-electron chi connectivity index (χ0n) is 14.6. The highest BCUT2D eigenvalue weighted by atomic mass is 16.2. The number of aromatic nitrogens is 2. The largest absolute Gasteiger partial charge is 0.348 e. The summed E-state index contributed by atoms with van der Waals surface area (Å²) < 4.78 is 0. The van der Waals surface area contributed by atoms with Gasteiger partial charge in [0, 0.05) is 43.6 Å². The topological polar surface area (TPSA) is 75.2 Å². The molecule has 134 valence electrons. The predicted octanol–water partition coefficient (Wildman–Crippen LogP) is 2.61. The van der Waals surface area contributed by atoms with Crippen LogP contribution in [0.25, 0.3) is 0 Å². The number of amides is 2. The van der Waals surface area contributed by atoms with E-state index in [1.165, 1.54) is 12.4 Å². The van der Waals surface area contributed by atoms with E-state index in [2.05, 4.69) is 15.3 Å². The predicted molar refractivity (Wildman–Crippen MR) is 101 cm³/mol. The van der Waals surface area contributed by atoms with E-state index in [0.29, 0.717) is 24.2 Å². The van der Waals surface area contributed by atoms with Crippen LogP contribution in [0.5, 0.6) is 0 Å². The standard InChI is InChI=1S/C21H18N4O2/c26-20(24-12-15-4-3-8-22-11-15)17-10-18(14-23-13-17)21(27)25-9-7-16-5-1-2-6-19(16)25/h1-6,8,10-11,13-14H,7,9,12H2,(H,24,26). The maximum atomic E-state index is 12.9. The van der Waals surface area contributed by atoms with Gasteiger partial charge in [-0.25, -0.2) is 0 Å². The number of carbonyl (C=O) groups is 2. The number of pyridine rings is 2. The van der Waals surface area contributed by atoms with E-state index < -0.39 is 0 Å². The number of fused-ring (bicyclic) bond motifs is 1. The van der Waals surface area contributed by atoms with Crippen LogP contribution in [-0.2, 0) is 13.0 Å². The van der Waals surface area contributed by atoms with Gasteiger partial charge in [0.2, 0.25) is 0 Å². The van der Waals surface area contributed by atoms with Gasteiger partial charge in [-0.1, -0.05) is 24.3 Å². The molecule has 0 saturated carbocycles. The molecule has 0 bridgehead atoms. The highest BCUT2D eigenvalue weighted by Crippen LogP contribution is 2.28. The summed E-state index contributed by atoms with van der Waals surface area (Å²) >= 11 is 0. The molecule has 0 aliphatic carbocycles. The van der Waals surface area contributed by atoms with E-state index in [0.717, 1.165) is 23.2 Å². The van der Waals surface area contributed by atoms with Crippen molar-refractivity contribution < 1.29 is 9.59 Å². The summed E-state index contributed by atoms with van der Waals surface area (Å²) in [5, 5.41) is 2.82. The first-order chi connectivity index (χ1) is 13.2. The van der Waals surface area contributed by atoms with Crippen LogP contribution in [0.2, 0.25) is 0 Å². The molecular formula is C21H18N4O2. The van der Waals surface area contributed by atoms with Crippen LogP contribution in [0.15, 0.2) is 67.3 Å². The lowest BCUT2D eigenvalue weighted by atomic mass is 10.1. The van der Waals surface area contributed by atoms with Gasteiger partial charge >= 0.3 is 0 Å². The van der Waals surface area contributed by atoms with Crippen LogP contribution in [0.1, 0.15) is 31.8 Å². The molecule has 0 saturated heterocycles. The van der Waals surface area contributed by atoms with Gasteiger partial charge in [0.1, 0.15) is 0 Å². The molecule has 3 aromatic rings. The monoisotopic (exact) mass is 358 g/mol. The van der Waals surface area contributed by atoms with Gasteiger partial charge in [0.05, 0.1) is 11.1 Å². The van der Waals surface area contributed by atoms with Crippen molar-refractivity contribution in [2.45, 2.75) is 13.0 Å². The van der Waals surface area contributed by atoms with Crippen molar-refractivity contribution in [3.8, 4) is 0 Å².